The van der Waals surface area contributed by atoms with Crippen molar-refractivity contribution in [1.82, 2.24) is 19.9 Å². The molecule has 0 aliphatic heterocycles. The zero-order chi connectivity index (χ0) is 17.8. The number of aromatic nitrogens is 3. The summed E-state index contributed by atoms with van der Waals surface area (Å²) in [6, 6.07) is 16.1. The van der Waals surface area contributed by atoms with Crippen molar-refractivity contribution < 1.29 is 4.79 Å². The molecule has 3 aromatic rings. The Balaban J connectivity index is 1.37. The van der Waals surface area contributed by atoms with Gasteiger partial charge in [-0.3, -0.25) is 9.20 Å². The van der Waals surface area contributed by atoms with Crippen molar-refractivity contribution in [2.75, 3.05) is 6.54 Å². The maximum absolute atomic E-state index is 13.0. The number of hydrogen-bond acceptors (Lipinski definition) is 3. The number of benzene rings is 1. The topological polar surface area (TPSA) is 59.3 Å². The van der Waals surface area contributed by atoms with Gasteiger partial charge in [0.25, 0.3) is 0 Å². The molecule has 0 spiro atoms. The predicted octanol–water partition coefficient (Wildman–Crippen LogP) is 3.29. The lowest BCUT2D eigenvalue weighted by Gasteiger charge is -2.28. The van der Waals surface area contributed by atoms with E-state index in [1.165, 1.54) is 0 Å². The minimum Gasteiger partial charge on any atom is -0.355 e. The van der Waals surface area contributed by atoms with Gasteiger partial charge in [0, 0.05) is 19.2 Å². The SMILES string of the molecule is O=C(NCCCc1nnc2ccccn12)C1(c2ccccc2)CCCC1. The molecule has 1 aliphatic carbocycles. The highest BCUT2D eigenvalue weighted by molar-refractivity contribution is 5.88. The van der Waals surface area contributed by atoms with E-state index < -0.39 is 0 Å². The molecule has 1 amide bonds. The van der Waals surface area contributed by atoms with Crippen molar-refractivity contribution in [3.05, 3.63) is 66.1 Å². The first kappa shape index (κ1) is 16.8. The summed E-state index contributed by atoms with van der Waals surface area (Å²) in [6.45, 7) is 0.662. The minimum atomic E-state index is -0.344. The second kappa shape index (κ2) is 7.28. The van der Waals surface area contributed by atoms with E-state index in [1.807, 2.05) is 47.0 Å². The fraction of sp³-hybridized carbons (Fsp3) is 0.381. The van der Waals surface area contributed by atoms with Gasteiger partial charge in [-0.2, -0.15) is 0 Å². The number of carbonyl (C=O) groups is 1. The maximum Gasteiger partial charge on any atom is 0.230 e. The molecule has 1 aliphatic rings. The van der Waals surface area contributed by atoms with Gasteiger partial charge in [0.2, 0.25) is 5.91 Å². The van der Waals surface area contributed by atoms with E-state index in [9.17, 15) is 4.79 Å². The summed E-state index contributed by atoms with van der Waals surface area (Å²) in [6.07, 6.45) is 7.75. The second-order valence-electron chi connectivity index (χ2n) is 7.06. The molecule has 0 atom stereocenters. The molecule has 0 bridgehead atoms. The lowest BCUT2D eigenvalue weighted by molar-refractivity contribution is -0.126. The Morgan fingerprint density at radius 2 is 1.81 bits per heavy atom. The Morgan fingerprint density at radius 1 is 1.04 bits per heavy atom. The first-order valence-corrected chi connectivity index (χ1v) is 9.42. The van der Waals surface area contributed by atoms with E-state index in [1.54, 1.807) is 0 Å². The van der Waals surface area contributed by atoms with Gasteiger partial charge in [-0.05, 0) is 37.0 Å². The summed E-state index contributed by atoms with van der Waals surface area (Å²) in [5.41, 5.74) is 1.67. The van der Waals surface area contributed by atoms with Crippen molar-refractivity contribution in [2.45, 2.75) is 43.9 Å². The van der Waals surface area contributed by atoms with E-state index >= 15 is 0 Å². The summed E-state index contributed by atoms with van der Waals surface area (Å²) >= 11 is 0. The summed E-state index contributed by atoms with van der Waals surface area (Å²) in [5, 5.41) is 11.6. The number of fused-ring (bicyclic) bond motifs is 1. The zero-order valence-corrected chi connectivity index (χ0v) is 14.9. The third kappa shape index (κ3) is 3.09. The molecule has 1 aromatic carbocycles. The van der Waals surface area contributed by atoms with Gasteiger partial charge in [-0.1, -0.05) is 49.2 Å². The first-order valence-electron chi connectivity index (χ1n) is 9.42. The molecule has 134 valence electrons. The molecule has 1 N–H and O–H groups in total. The van der Waals surface area contributed by atoms with Crippen LogP contribution in [0.15, 0.2) is 54.7 Å². The van der Waals surface area contributed by atoms with E-state index in [0.29, 0.717) is 6.54 Å². The number of nitrogens with one attached hydrogen (secondary N) is 1. The van der Waals surface area contributed by atoms with Gasteiger partial charge in [0.15, 0.2) is 5.65 Å². The predicted molar refractivity (Wildman–Crippen MR) is 101 cm³/mol. The molecular formula is C21H24N4O. The van der Waals surface area contributed by atoms with Gasteiger partial charge >= 0.3 is 0 Å². The van der Waals surface area contributed by atoms with Gasteiger partial charge in [0.05, 0.1) is 5.41 Å². The Bertz CT molecular complexity index is 881. The fourth-order valence-corrected chi connectivity index (χ4v) is 4.06. The summed E-state index contributed by atoms with van der Waals surface area (Å²) in [4.78, 5) is 13.0. The summed E-state index contributed by atoms with van der Waals surface area (Å²) in [5.74, 6) is 1.11. The highest BCUT2D eigenvalue weighted by Gasteiger charge is 2.42. The van der Waals surface area contributed by atoms with Gasteiger partial charge in [0.1, 0.15) is 5.82 Å². The lowest BCUT2D eigenvalue weighted by Crippen LogP contribution is -2.43. The highest BCUT2D eigenvalue weighted by atomic mass is 16.2. The van der Waals surface area contributed by atoms with Gasteiger partial charge < -0.3 is 5.32 Å². The molecule has 0 saturated heterocycles. The average molecular weight is 348 g/mol. The van der Waals surface area contributed by atoms with E-state index in [-0.39, 0.29) is 11.3 Å². The molecular weight excluding hydrogens is 324 g/mol. The van der Waals surface area contributed by atoms with Crippen LogP contribution in [0.5, 0.6) is 0 Å². The van der Waals surface area contributed by atoms with Crippen molar-refractivity contribution in [3.8, 4) is 0 Å². The van der Waals surface area contributed by atoms with Crippen LogP contribution < -0.4 is 5.32 Å². The van der Waals surface area contributed by atoms with Crippen molar-refractivity contribution in [1.29, 1.82) is 0 Å². The maximum atomic E-state index is 13.0. The number of pyridine rings is 1. The monoisotopic (exact) mass is 348 g/mol. The van der Waals surface area contributed by atoms with Crippen LogP contribution in [-0.4, -0.2) is 27.0 Å². The van der Waals surface area contributed by atoms with Crippen LogP contribution in [0.25, 0.3) is 5.65 Å². The molecule has 5 heteroatoms. The standard InChI is InChI=1S/C21H24N4O/c26-20(21(13-5-6-14-21)17-9-2-1-3-10-17)22-15-8-12-19-24-23-18-11-4-7-16-25(18)19/h1-4,7,9-11,16H,5-6,8,12-15H2,(H,22,26). The third-order valence-corrected chi connectivity index (χ3v) is 5.47. The molecule has 1 fully saturated rings. The molecule has 26 heavy (non-hydrogen) atoms. The molecule has 1 saturated carbocycles. The van der Waals surface area contributed by atoms with Crippen molar-refractivity contribution >= 4 is 11.6 Å². The second-order valence-corrected chi connectivity index (χ2v) is 7.06. The first-order chi connectivity index (χ1) is 12.8. The molecule has 2 heterocycles. The number of aryl methyl sites for hydroxylation is 1. The average Bonchev–Trinajstić information content (AvgIpc) is 3.34. The van der Waals surface area contributed by atoms with Crippen LogP contribution in [-0.2, 0) is 16.6 Å². The number of rotatable bonds is 6. The smallest absolute Gasteiger partial charge is 0.230 e. The summed E-state index contributed by atoms with van der Waals surface area (Å²) < 4.78 is 2.00. The Hall–Kier alpha value is -2.69. The Morgan fingerprint density at radius 3 is 2.62 bits per heavy atom. The third-order valence-electron chi connectivity index (χ3n) is 5.47. The minimum absolute atomic E-state index is 0.173. The normalized spacial score (nSPS) is 16.0. The molecule has 5 nitrogen and oxygen atoms in total. The van der Waals surface area contributed by atoms with Crippen LogP contribution in [0.4, 0.5) is 0 Å². The number of hydrogen-bond donors (Lipinski definition) is 1. The van der Waals surface area contributed by atoms with Gasteiger partial charge in [-0.25, -0.2) is 0 Å². The summed E-state index contributed by atoms with van der Waals surface area (Å²) in [7, 11) is 0. The molecule has 0 radical (unpaired) electrons. The zero-order valence-electron chi connectivity index (χ0n) is 14.9. The largest absolute Gasteiger partial charge is 0.355 e. The molecule has 2 aromatic heterocycles. The van der Waals surface area contributed by atoms with Crippen LogP contribution in [0.3, 0.4) is 0 Å². The van der Waals surface area contributed by atoms with Crippen molar-refractivity contribution in [2.24, 2.45) is 0 Å². The van der Waals surface area contributed by atoms with Crippen LogP contribution >= 0.6 is 0 Å². The van der Waals surface area contributed by atoms with Crippen LogP contribution in [0.1, 0.15) is 43.5 Å². The lowest BCUT2D eigenvalue weighted by atomic mass is 9.78. The number of carbonyl (C=O) groups excluding carboxylic acids is 1. The van der Waals surface area contributed by atoms with Crippen molar-refractivity contribution in [3.63, 3.8) is 0 Å². The van der Waals surface area contributed by atoms with E-state index in [4.69, 9.17) is 0 Å². The quantitative estimate of drug-likeness (QED) is 0.696. The van der Waals surface area contributed by atoms with Crippen LogP contribution in [0.2, 0.25) is 0 Å². The number of nitrogens with zero attached hydrogens (tertiary/aromatic N) is 3. The molecule has 0 unspecified atom stereocenters. The number of amides is 1. The van der Waals surface area contributed by atoms with Gasteiger partial charge in [-0.15, -0.1) is 10.2 Å². The van der Waals surface area contributed by atoms with Crippen LogP contribution in [0, 0.1) is 0 Å². The Kier molecular flexibility index (Phi) is 4.69. The Labute approximate surface area is 153 Å². The fourth-order valence-electron chi connectivity index (χ4n) is 4.06. The van der Waals surface area contributed by atoms with E-state index in [2.05, 4.69) is 27.6 Å². The molecule has 4 rings (SSSR count). The highest BCUT2D eigenvalue weighted by Crippen LogP contribution is 2.41. The van der Waals surface area contributed by atoms with E-state index in [0.717, 1.165) is 55.6 Å².